The van der Waals surface area contributed by atoms with Crippen molar-refractivity contribution in [1.29, 1.82) is 0 Å². The molecule has 0 bridgehead atoms. The Morgan fingerprint density at radius 2 is 2.12 bits per heavy atom. The third-order valence-corrected chi connectivity index (χ3v) is 3.79. The molecular weight excluding hydrogens is 363 g/mol. The Hall–Kier alpha value is -2.20. The molecule has 0 spiro atoms. The van der Waals surface area contributed by atoms with Gasteiger partial charge in [0.05, 0.1) is 18.5 Å². The first-order chi connectivity index (χ1) is 11.8. The number of hydrogen-bond donors (Lipinski definition) is 0. The molecule has 0 radical (unpaired) electrons. The lowest BCUT2D eigenvalue weighted by atomic mass is 10.2. The van der Waals surface area contributed by atoms with E-state index in [1.54, 1.807) is 11.7 Å². The van der Waals surface area contributed by atoms with E-state index in [1.165, 1.54) is 12.3 Å². The van der Waals surface area contributed by atoms with Crippen molar-refractivity contribution in [2.75, 3.05) is 7.11 Å². The Balaban J connectivity index is 2.02. The van der Waals surface area contributed by atoms with Crippen LogP contribution in [0.4, 0.5) is 13.2 Å². The summed E-state index contributed by atoms with van der Waals surface area (Å²) >= 11 is 5.92. The molecule has 0 aromatic carbocycles. The Morgan fingerprint density at radius 3 is 2.72 bits per heavy atom. The quantitative estimate of drug-likeness (QED) is 0.637. The number of halogens is 4. The molecule has 1 atom stereocenters. The molecular formula is C14H13ClF3N5O2. The Labute approximate surface area is 144 Å². The first-order valence-electron chi connectivity index (χ1n) is 7.18. The van der Waals surface area contributed by atoms with E-state index in [0.29, 0.717) is 23.5 Å². The fraction of sp³-hybridized carbons (Fsp3) is 0.429. The highest BCUT2D eigenvalue weighted by Crippen LogP contribution is 2.30. The lowest BCUT2D eigenvalue weighted by Gasteiger charge is -2.12. The van der Waals surface area contributed by atoms with E-state index < -0.39 is 12.1 Å². The van der Waals surface area contributed by atoms with Gasteiger partial charge in [-0.15, -0.1) is 11.6 Å². The van der Waals surface area contributed by atoms with E-state index in [2.05, 4.69) is 24.6 Å². The molecule has 3 aromatic rings. The topological polar surface area (TPSA) is 78.9 Å². The molecule has 0 N–H and O–H groups in total. The van der Waals surface area contributed by atoms with Gasteiger partial charge in [0.2, 0.25) is 5.82 Å². The highest BCUT2D eigenvalue weighted by atomic mass is 35.5. The molecule has 3 rings (SSSR count). The standard InChI is InChI=1S/C14H13ClF3N5O2/c1-7(24-2)6-23-10(4-15)20-9-3-8(5-19-12(9)23)11-21-13(25-22-11)14(16,17)18/h3,5,7H,4,6H2,1-2H3/t7-/m0/s1. The van der Waals surface area contributed by atoms with Crippen LogP contribution in [-0.2, 0) is 23.3 Å². The van der Waals surface area contributed by atoms with Crippen molar-refractivity contribution >= 4 is 22.8 Å². The monoisotopic (exact) mass is 375 g/mol. The average Bonchev–Trinajstić information content (AvgIpc) is 3.19. The van der Waals surface area contributed by atoms with Gasteiger partial charge in [-0.1, -0.05) is 5.16 Å². The van der Waals surface area contributed by atoms with Gasteiger partial charge >= 0.3 is 12.1 Å². The van der Waals surface area contributed by atoms with Gasteiger partial charge in [0, 0.05) is 18.9 Å². The van der Waals surface area contributed by atoms with Crippen molar-refractivity contribution in [1.82, 2.24) is 24.7 Å². The van der Waals surface area contributed by atoms with Gasteiger partial charge in [-0.25, -0.2) is 9.97 Å². The van der Waals surface area contributed by atoms with Gasteiger partial charge in [0.1, 0.15) is 11.3 Å². The van der Waals surface area contributed by atoms with Crippen LogP contribution in [0.25, 0.3) is 22.6 Å². The van der Waals surface area contributed by atoms with Crippen LogP contribution in [0.1, 0.15) is 18.6 Å². The molecule has 25 heavy (non-hydrogen) atoms. The van der Waals surface area contributed by atoms with Crippen LogP contribution in [0.2, 0.25) is 0 Å². The number of fused-ring (bicyclic) bond motifs is 1. The van der Waals surface area contributed by atoms with Crippen LogP contribution in [-0.4, -0.2) is 37.9 Å². The molecule has 7 nitrogen and oxygen atoms in total. The van der Waals surface area contributed by atoms with E-state index in [1.807, 2.05) is 6.92 Å². The molecule has 0 unspecified atom stereocenters. The van der Waals surface area contributed by atoms with Crippen molar-refractivity contribution in [3.05, 3.63) is 24.0 Å². The normalized spacial score (nSPS) is 13.5. The van der Waals surface area contributed by atoms with Crippen molar-refractivity contribution in [3.63, 3.8) is 0 Å². The summed E-state index contributed by atoms with van der Waals surface area (Å²) < 4.78 is 49.0. The van der Waals surface area contributed by atoms with Gasteiger partial charge in [-0.05, 0) is 13.0 Å². The van der Waals surface area contributed by atoms with Crippen molar-refractivity contribution in [2.24, 2.45) is 0 Å². The van der Waals surface area contributed by atoms with Crippen LogP contribution in [0.5, 0.6) is 0 Å². The molecule has 0 saturated heterocycles. The summed E-state index contributed by atoms with van der Waals surface area (Å²) in [6, 6.07) is 1.54. The summed E-state index contributed by atoms with van der Waals surface area (Å²) in [7, 11) is 1.59. The number of methoxy groups -OCH3 is 1. The minimum Gasteiger partial charge on any atom is -0.380 e. The lowest BCUT2D eigenvalue weighted by molar-refractivity contribution is -0.159. The molecule has 0 aliphatic rings. The SMILES string of the molecule is CO[C@@H](C)Cn1c(CCl)nc2cc(-c3noc(C(F)(F)F)n3)cnc21. The van der Waals surface area contributed by atoms with Crippen molar-refractivity contribution in [2.45, 2.75) is 31.6 Å². The third-order valence-electron chi connectivity index (χ3n) is 3.55. The predicted octanol–water partition coefficient (Wildman–Crippen LogP) is 3.27. The number of hydrogen-bond acceptors (Lipinski definition) is 6. The molecule has 3 aromatic heterocycles. The third kappa shape index (κ3) is 3.45. The van der Waals surface area contributed by atoms with E-state index in [-0.39, 0.29) is 23.4 Å². The average molecular weight is 376 g/mol. The van der Waals surface area contributed by atoms with Crippen molar-refractivity contribution in [3.8, 4) is 11.4 Å². The molecule has 3 heterocycles. The number of alkyl halides is 4. The lowest BCUT2D eigenvalue weighted by Crippen LogP contribution is -2.16. The number of aromatic nitrogens is 5. The molecule has 0 saturated carbocycles. The molecule has 134 valence electrons. The second-order valence-electron chi connectivity index (χ2n) is 5.31. The number of nitrogens with zero attached hydrogens (tertiary/aromatic N) is 5. The zero-order chi connectivity index (χ0) is 18.2. The highest BCUT2D eigenvalue weighted by Gasteiger charge is 2.38. The maximum Gasteiger partial charge on any atom is 0.471 e. The Bertz CT molecular complexity index is 892. The van der Waals surface area contributed by atoms with E-state index in [4.69, 9.17) is 16.3 Å². The van der Waals surface area contributed by atoms with Crippen LogP contribution < -0.4 is 0 Å². The van der Waals surface area contributed by atoms with Gasteiger partial charge in [-0.2, -0.15) is 18.2 Å². The summed E-state index contributed by atoms with van der Waals surface area (Å²) in [6.07, 6.45) is -3.43. The zero-order valence-corrected chi connectivity index (χ0v) is 14.0. The molecule has 0 aliphatic carbocycles. The Morgan fingerprint density at radius 1 is 1.36 bits per heavy atom. The largest absolute Gasteiger partial charge is 0.471 e. The maximum absolute atomic E-state index is 12.6. The van der Waals surface area contributed by atoms with E-state index in [9.17, 15) is 13.2 Å². The zero-order valence-electron chi connectivity index (χ0n) is 13.2. The van der Waals surface area contributed by atoms with Crippen molar-refractivity contribution < 1.29 is 22.4 Å². The summed E-state index contributed by atoms with van der Waals surface area (Å²) in [5.74, 6) is -0.894. The second-order valence-corrected chi connectivity index (χ2v) is 5.57. The van der Waals surface area contributed by atoms with Crippen LogP contribution >= 0.6 is 11.6 Å². The van der Waals surface area contributed by atoms with Crippen LogP contribution in [0.15, 0.2) is 16.8 Å². The predicted molar refractivity (Wildman–Crippen MR) is 81.9 cm³/mol. The molecule has 0 fully saturated rings. The Kier molecular flexibility index (Phi) is 4.65. The number of ether oxygens (including phenoxy) is 1. The number of imidazole rings is 1. The minimum absolute atomic E-state index is 0.0904. The number of pyridine rings is 1. The number of rotatable bonds is 5. The minimum atomic E-state index is -4.70. The van der Waals surface area contributed by atoms with Crippen LogP contribution in [0.3, 0.4) is 0 Å². The summed E-state index contributed by atoms with van der Waals surface area (Å²) in [5.41, 5.74) is 1.27. The fourth-order valence-electron chi connectivity index (χ4n) is 2.26. The summed E-state index contributed by atoms with van der Waals surface area (Å²) in [5, 5.41) is 3.34. The highest BCUT2D eigenvalue weighted by molar-refractivity contribution is 6.16. The van der Waals surface area contributed by atoms with E-state index >= 15 is 0 Å². The second kappa shape index (κ2) is 6.60. The maximum atomic E-state index is 12.6. The first-order valence-corrected chi connectivity index (χ1v) is 7.72. The smallest absolute Gasteiger partial charge is 0.380 e. The van der Waals surface area contributed by atoms with Gasteiger partial charge in [-0.3, -0.25) is 0 Å². The van der Waals surface area contributed by atoms with Gasteiger partial charge in [0.15, 0.2) is 5.65 Å². The van der Waals surface area contributed by atoms with Gasteiger partial charge in [0.25, 0.3) is 0 Å². The van der Waals surface area contributed by atoms with E-state index in [0.717, 1.165) is 0 Å². The summed E-state index contributed by atoms with van der Waals surface area (Å²) in [6.45, 7) is 2.37. The fourth-order valence-corrected chi connectivity index (χ4v) is 2.47. The molecule has 11 heteroatoms. The van der Waals surface area contributed by atoms with Crippen LogP contribution in [0, 0.1) is 0 Å². The van der Waals surface area contributed by atoms with Gasteiger partial charge < -0.3 is 13.8 Å². The molecule has 0 amide bonds. The molecule has 0 aliphatic heterocycles. The summed E-state index contributed by atoms with van der Waals surface area (Å²) in [4.78, 5) is 12.0. The first kappa shape index (κ1) is 17.6.